The molecule has 2 aromatic rings. The molecule has 8 nitrogen and oxygen atoms in total. The van der Waals surface area contributed by atoms with Gasteiger partial charge in [0, 0.05) is 30.2 Å². The molecule has 1 aliphatic heterocycles. The van der Waals surface area contributed by atoms with Crippen LogP contribution in [0.5, 0.6) is 0 Å². The van der Waals surface area contributed by atoms with Gasteiger partial charge in [0.15, 0.2) is 0 Å². The van der Waals surface area contributed by atoms with Crippen molar-refractivity contribution in [2.75, 3.05) is 6.61 Å². The lowest BCUT2D eigenvalue weighted by Gasteiger charge is -2.34. The Morgan fingerprint density at radius 2 is 2.03 bits per heavy atom. The van der Waals surface area contributed by atoms with Crippen molar-refractivity contribution in [2.45, 2.75) is 32.7 Å². The zero-order valence-corrected chi connectivity index (χ0v) is 17.2. The van der Waals surface area contributed by atoms with Gasteiger partial charge in [-0.15, -0.1) is 0 Å². The molecule has 31 heavy (non-hydrogen) atoms. The second-order valence-electron chi connectivity index (χ2n) is 7.12. The standard InChI is InChI=1S/C23H21N3O5/c1-3-31-23(28)22-15(2)25(14-17-7-4-6-16(10-17)13-24)21(27)12-20(22)18-8-5-9-19(11-18)26(29)30/h4-11,20H,3,12,14H2,1-2H3. The number of hydrogen-bond donors (Lipinski definition) is 0. The van der Waals surface area contributed by atoms with Crippen molar-refractivity contribution in [3.63, 3.8) is 0 Å². The van der Waals surface area contributed by atoms with Gasteiger partial charge in [-0.25, -0.2) is 4.79 Å². The fourth-order valence-electron chi connectivity index (χ4n) is 3.74. The summed E-state index contributed by atoms with van der Waals surface area (Å²) >= 11 is 0. The van der Waals surface area contributed by atoms with Crippen LogP contribution >= 0.6 is 0 Å². The molecule has 0 saturated carbocycles. The van der Waals surface area contributed by atoms with E-state index in [1.54, 1.807) is 44.2 Å². The first-order chi connectivity index (χ1) is 14.8. The fourth-order valence-corrected chi connectivity index (χ4v) is 3.74. The van der Waals surface area contributed by atoms with E-state index in [2.05, 4.69) is 6.07 Å². The molecule has 0 saturated heterocycles. The quantitative estimate of drug-likeness (QED) is 0.399. The minimum absolute atomic E-state index is 0.0232. The molecule has 1 heterocycles. The van der Waals surface area contributed by atoms with Crippen LogP contribution in [0.25, 0.3) is 0 Å². The van der Waals surface area contributed by atoms with Crippen LogP contribution in [0, 0.1) is 21.4 Å². The molecule has 3 rings (SSSR count). The average molecular weight is 419 g/mol. The number of amides is 1. The third kappa shape index (κ3) is 4.61. The van der Waals surface area contributed by atoms with Crippen molar-refractivity contribution in [2.24, 2.45) is 0 Å². The first kappa shape index (κ1) is 21.7. The highest BCUT2D eigenvalue weighted by atomic mass is 16.6. The minimum atomic E-state index is -0.645. The molecule has 158 valence electrons. The van der Waals surface area contributed by atoms with Crippen LogP contribution in [0.3, 0.4) is 0 Å². The summed E-state index contributed by atoms with van der Waals surface area (Å²) < 4.78 is 5.24. The Kier molecular flexibility index (Phi) is 6.46. The number of allylic oxidation sites excluding steroid dienone is 1. The minimum Gasteiger partial charge on any atom is -0.463 e. The van der Waals surface area contributed by atoms with Gasteiger partial charge in [0.25, 0.3) is 5.69 Å². The highest BCUT2D eigenvalue weighted by Gasteiger charge is 2.37. The van der Waals surface area contributed by atoms with Crippen LogP contribution in [0.15, 0.2) is 59.8 Å². The maximum absolute atomic E-state index is 13.0. The molecular formula is C23H21N3O5. The summed E-state index contributed by atoms with van der Waals surface area (Å²) in [6.07, 6.45) is -0.0232. The molecule has 1 amide bonds. The number of carbonyl (C=O) groups is 2. The zero-order chi connectivity index (χ0) is 22.5. The summed E-state index contributed by atoms with van der Waals surface area (Å²) in [6, 6.07) is 14.9. The number of nitro benzene ring substituents is 1. The normalized spacial score (nSPS) is 16.1. The molecule has 0 spiro atoms. The molecule has 0 aromatic heterocycles. The van der Waals surface area contributed by atoms with Crippen LogP contribution in [0.2, 0.25) is 0 Å². The number of nitriles is 1. The van der Waals surface area contributed by atoms with Crippen molar-refractivity contribution in [3.8, 4) is 6.07 Å². The predicted octanol–water partition coefficient (Wildman–Crippen LogP) is 3.82. The molecule has 1 aliphatic rings. The highest BCUT2D eigenvalue weighted by molar-refractivity contribution is 5.95. The number of ether oxygens (including phenoxy) is 1. The lowest BCUT2D eigenvalue weighted by atomic mass is 9.83. The van der Waals surface area contributed by atoms with E-state index in [1.807, 2.05) is 0 Å². The fraction of sp³-hybridized carbons (Fsp3) is 0.261. The number of hydrogen-bond acceptors (Lipinski definition) is 6. The summed E-state index contributed by atoms with van der Waals surface area (Å²) in [5, 5.41) is 20.3. The first-order valence-electron chi connectivity index (χ1n) is 9.77. The molecule has 8 heteroatoms. The van der Waals surface area contributed by atoms with Crippen molar-refractivity contribution < 1.29 is 19.2 Å². The van der Waals surface area contributed by atoms with E-state index in [9.17, 15) is 19.7 Å². The summed E-state index contributed by atoms with van der Waals surface area (Å²) in [6.45, 7) is 3.72. The number of rotatable bonds is 6. The number of benzene rings is 2. The lowest BCUT2D eigenvalue weighted by molar-refractivity contribution is -0.384. The largest absolute Gasteiger partial charge is 0.463 e. The summed E-state index contributed by atoms with van der Waals surface area (Å²) in [5.41, 5.74) is 2.37. The molecule has 1 unspecified atom stereocenters. The van der Waals surface area contributed by atoms with E-state index < -0.39 is 16.8 Å². The second kappa shape index (κ2) is 9.22. The summed E-state index contributed by atoms with van der Waals surface area (Å²) in [7, 11) is 0. The van der Waals surface area contributed by atoms with E-state index in [4.69, 9.17) is 10.00 Å². The van der Waals surface area contributed by atoms with Gasteiger partial charge in [0.05, 0.1) is 35.3 Å². The predicted molar refractivity (Wildman–Crippen MR) is 111 cm³/mol. The van der Waals surface area contributed by atoms with Gasteiger partial charge in [0.1, 0.15) is 0 Å². The molecule has 1 atom stereocenters. The van der Waals surface area contributed by atoms with Gasteiger partial charge in [-0.3, -0.25) is 14.9 Å². The topological polar surface area (TPSA) is 114 Å². The van der Waals surface area contributed by atoms with Gasteiger partial charge >= 0.3 is 5.97 Å². The van der Waals surface area contributed by atoms with Gasteiger partial charge < -0.3 is 9.64 Å². The van der Waals surface area contributed by atoms with Gasteiger partial charge in [-0.2, -0.15) is 5.26 Å². The van der Waals surface area contributed by atoms with Crippen LogP contribution in [-0.4, -0.2) is 28.3 Å². The SMILES string of the molecule is CCOC(=O)C1=C(C)N(Cc2cccc(C#N)c2)C(=O)CC1c1cccc([N+](=O)[O-])c1. The average Bonchev–Trinajstić information content (AvgIpc) is 2.76. The maximum Gasteiger partial charge on any atom is 0.336 e. The van der Waals surface area contributed by atoms with E-state index in [0.717, 1.165) is 5.56 Å². The molecule has 0 radical (unpaired) electrons. The number of nitro groups is 1. The second-order valence-corrected chi connectivity index (χ2v) is 7.12. The molecule has 0 bridgehead atoms. The highest BCUT2D eigenvalue weighted by Crippen LogP contribution is 2.38. The van der Waals surface area contributed by atoms with Crippen LogP contribution in [-0.2, 0) is 20.9 Å². The Morgan fingerprint density at radius 3 is 2.71 bits per heavy atom. The van der Waals surface area contributed by atoms with Crippen molar-refractivity contribution in [1.82, 2.24) is 4.90 Å². The number of esters is 1. The van der Waals surface area contributed by atoms with Crippen LogP contribution in [0.4, 0.5) is 5.69 Å². The molecule has 0 aliphatic carbocycles. The molecule has 0 N–H and O–H groups in total. The van der Waals surface area contributed by atoms with Crippen LogP contribution < -0.4 is 0 Å². The van der Waals surface area contributed by atoms with Crippen molar-refractivity contribution in [1.29, 1.82) is 5.26 Å². The van der Waals surface area contributed by atoms with Crippen LogP contribution in [0.1, 0.15) is 42.9 Å². The molecule has 0 fully saturated rings. The number of nitrogens with zero attached hydrogens (tertiary/aromatic N) is 3. The van der Waals surface area contributed by atoms with Gasteiger partial charge in [0.2, 0.25) is 5.91 Å². The Labute approximate surface area is 179 Å². The van der Waals surface area contributed by atoms with E-state index in [-0.39, 0.29) is 31.2 Å². The summed E-state index contributed by atoms with van der Waals surface area (Å²) in [5.74, 6) is -1.42. The third-order valence-corrected chi connectivity index (χ3v) is 5.20. The van der Waals surface area contributed by atoms with Gasteiger partial charge in [-0.1, -0.05) is 24.3 Å². The van der Waals surface area contributed by atoms with E-state index >= 15 is 0 Å². The Morgan fingerprint density at radius 1 is 1.29 bits per heavy atom. The summed E-state index contributed by atoms with van der Waals surface area (Å²) in [4.78, 5) is 38.0. The molecule has 2 aromatic carbocycles. The van der Waals surface area contributed by atoms with E-state index in [1.165, 1.54) is 23.1 Å². The molecular weight excluding hydrogens is 398 g/mol. The Balaban J connectivity index is 2.05. The van der Waals surface area contributed by atoms with Gasteiger partial charge in [-0.05, 0) is 37.1 Å². The number of non-ortho nitro benzene ring substituents is 1. The first-order valence-corrected chi connectivity index (χ1v) is 9.77. The maximum atomic E-state index is 13.0. The van der Waals surface area contributed by atoms with E-state index in [0.29, 0.717) is 22.4 Å². The third-order valence-electron chi connectivity index (χ3n) is 5.20. The smallest absolute Gasteiger partial charge is 0.336 e. The Hall–Kier alpha value is -3.99. The lowest BCUT2D eigenvalue weighted by Crippen LogP contribution is -2.38. The Bertz CT molecular complexity index is 1120. The monoisotopic (exact) mass is 419 g/mol. The van der Waals surface area contributed by atoms with Crippen molar-refractivity contribution in [3.05, 3.63) is 86.6 Å². The zero-order valence-electron chi connectivity index (χ0n) is 17.2. The van der Waals surface area contributed by atoms with Crippen molar-refractivity contribution >= 4 is 17.6 Å². The number of carbonyl (C=O) groups excluding carboxylic acids is 2.